The fraction of sp³-hybridized carbons (Fsp3) is 0.0303. The van der Waals surface area contributed by atoms with Crippen molar-refractivity contribution >= 4 is 49.6 Å². The first-order chi connectivity index (χ1) is 33.8. The summed E-state index contributed by atoms with van der Waals surface area (Å²) in [5.74, 6) is 0. The van der Waals surface area contributed by atoms with E-state index in [1.54, 1.807) is 0 Å². The fourth-order valence-electron chi connectivity index (χ4n) is 13.2. The summed E-state index contributed by atoms with van der Waals surface area (Å²) in [5.41, 5.74) is 21.8. The number of hydrogen-bond acceptors (Lipinski definition) is 1. The standard InChI is InChI=1S/C66H42N2/c1-3-20-44(21-4-1)67(45-22-5-2-6-23-45)46-36-38-47(39-37-46)68-60-41-35-43-19-7-8-24-48(43)63(60)64-61(68)42-40-59-62(64)51-27-11-14-30-54(51)66(59)57-33-17-15-31-55(57)65(56-32-16-18-34-58(56)66)52-28-12-9-25-49(52)50-26-10-13-29-53(50)65/h1-42H. The van der Waals surface area contributed by atoms with Crippen LogP contribution >= 0.6 is 0 Å². The average Bonchev–Trinajstić information content (AvgIpc) is 4.02. The van der Waals surface area contributed by atoms with Gasteiger partial charge in [0.25, 0.3) is 0 Å². The predicted octanol–water partition coefficient (Wildman–Crippen LogP) is 16.4. The van der Waals surface area contributed by atoms with Gasteiger partial charge in [-0.15, -0.1) is 0 Å². The molecular weight excluding hydrogens is 821 g/mol. The van der Waals surface area contributed by atoms with Gasteiger partial charge in [-0.2, -0.15) is 0 Å². The summed E-state index contributed by atoms with van der Waals surface area (Å²) in [4.78, 5) is 2.33. The molecule has 0 fully saturated rings. The molecule has 2 heteroatoms. The third kappa shape index (κ3) is 4.66. The minimum Gasteiger partial charge on any atom is -0.311 e. The number of para-hydroxylation sites is 2. The summed E-state index contributed by atoms with van der Waals surface area (Å²) in [7, 11) is 0. The van der Waals surface area contributed by atoms with Gasteiger partial charge in [0.05, 0.1) is 21.9 Å². The number of aromatic nitrogens is 1. The molecule has 12 aromatic rings. The SMILES string of the molecule is c1ccc(N(c2ccccc2)c2ccc(-n3c4ccc5c(c4c4c6ccccc6ccc43)-c3ccccc3C53c4ccccc4C4(c5ccccc5-c5ccccc54)c4ccccc43)cc2)cc1. The molecule has 0 N–H and O–H groups in total. The van der Waals surface area contributed by atoms with Crippen LogP contribution in [0.15, 0.2) is 255 Å². The number of benzene rings is 11. The molecule has 0 saturated heterocycles. The van der Waals surface area contributed by atoms with Crippen molar-refractivity contribution in [2.45, 2.75) is 10.8 Å². The zero-order valence-corrected chi connectivity index (χ0v) is 37.1. The Hall–Kier alpha value is -8.72. The summed E-state index contributed by atoms with van der Waals surface area (Å²) in [6.45, 7) is 0. The third-order valence-corrected chi connectivity index (χ3v) is 15.6. The quantitative estimate of drug-likeness (QED) is 0.171. The van der Waals surface area contributed by atoms with Crippen molar-refractivity contribution in [3.05, 3.63) is 299 Å². The van der Waals surface area contributed by atoms with Crippen molar-refractivity contribution in [2.24, 2.45) is 0 Å². The number of rotatable bonds is 4. The molecule has 0 amide bonds. The summed E-state index contributed by atoms with van der Waals surface area (Å²) in [6.07, 6.45) is 0. The Morgan fingerprint density at radius 2 is 0.691 bits per heavy atom. The van der Waals surface area contributed by atoms with Crippen LogP contribution in [0.3, 0.4) is 0 Å². The maximum absolute atomic E-state index is 2.51. The lowest BCUT2D eigenvalue weighted by Gasteiger charge is -2.48. The summed E-state index contributed by atoms with van der Waals surface area (Å²) < 4.78 is 2.51. The summed E-state index contributed by atoms with van der Waals surface area (Å²) in [6, 6.07) is 95.4. The van der Waals surface area contributed by atoms with Crippen LogP contribution in [0.5, 0.6) is 0 Å². The molecule has 68 heavy (non-hydrogen) atoms. The van der Waals surface area contributed by atoms with Crippen molar-refractivity contribution in [1.29, 1.82) is 0 Å². The van der Waals surface area contributed by atoms with Crippen molar-refractivity contribution in [2.75, 3.05) is 4.90 Å². The van der Waals surface area contributed by atoms with Crippen LogP contribution in [0.2, 0.25) is 0 Å². The van der Waals surface area contributed by atoms with Gasteiger partial charge in [0.2, 0.25) is 0 Å². The van der Waals surface area contributed by atoms with E-state index in [0.717, 1.165) is 22.7 Å². The summed E-state index contributed by atoms with van der Waals surface area (Å²) in [5, 5.41) is 5.08. The lowest BCUT2D eigenvalue weighted by atomic mass is 9.52. The molecule has 15 rings (SSSR count). The minimum absolute atomic E-state index is 0.484. The van der Waals surface area contributed by atoms with E-state index in [-0.39, 0.29) is 0 Å². The zero-order valence-electron chi connectivity index (χ0n) is 37.1. The van der Waals surface area contributed by atoms with Crippen LogP contribution in [-0.4, -0.2) is 4.57 Å². The summed E-state index contributed by atoms with van der Waals surface area (Å²) >= 11 is 0. The molecule has 316 valence electrons. The molecule has 0 bridgehead atoms. The molecule has 0 aliphatic heterocycles. The molecule has 2 spiro atoms. The second kappa shape index (κ2) is 13.9. The first-order valence-electron chi connectivity index (χ1n) is 23.8. The molecule has 11 aromatic carbocycles. The first kappa shape index (κ1) is 37.5. The van der Waals surface area contributed by atoms with Gasteiger partial charge in [0, 0.05) is 33.5 Å². The average molecular weight is 863 g/mol. The second-order valence-corrected chi connectivity index (χ2v) is 18.6. The maximum atomic E-state index is 2.51. The predicted molar refractivity (Wildman–Crippen MR) is 281 cm³/mol. The molecule has 0 unspecified atom stereocenters. The third-order valence-electron chi connectivity index (χ3n) is 15.6. The molecule has 3 aliphatic rings. The largest absolute Gasteiger partial charge is 0.311 e. The van der Waals surface area contributed by atoms with Crippen molar-refractivity contribution < 1.29 is 0 Å². The number of hydrogen-bond donors (Lipinski definition) is 0. The molecular formula is C66H42N2. The van der Waals surface area contributed by atoms with E-state index in [1.807, 2.05) is 0 Å². The Bertz CT molecular complexity index is 3890. The van der Waals surface area contributed by atoms with Crippen LogP contribution in [0.1, 0.15) is 44.5 Å². The highest BCUT2D eigenvalue weighted by Gasteiger charge is 2.59. The Morgan fingerprint density at radius 1 is 0.279 bits per heavy atom. The highest BCUT2D eigenvalue weighted by atomic mass is 15.1. The normalized spacial score (nSPS) is 14.1. The number of nitrogens with zero attached hydrogens (tertiary/aromatic N) is 2. The highest BCUT2D eigenvalue weighted by Crippen LogP contribution is 2.68. The van der Waals surface area contributed by atoms with E-state index in [4.69, 9.17) is 0 Å². The van der Waals surface area contributed by atoms with Crippen LogP contribution < -0.4 is 4.90 Å². The lowest BCUT2D eigenvalue weighted by molar-refractivity contribution is 0.633. The van der Waals surface area contributed by atoms with E-state index in [1.165, 1.54) is 99.3 Å². The smallest absolute Gasteiger partial charge is 0.0720 e. The van der Waals surface area contributed by atoms with Gasteiger partial charge in [0.15, 0.2) is 0 Å². The topological polar surface area (TPSA) is 8.17 Å². The van der Waals surface area contributed by atoms with Crippen LogP contribution in [0.4, 0.5) is 17.1 Å². The number of anilines is 3. The molecule has 1 heterocycles. The fourth-order valence-corrected chi connectivity index (χ4v) is 13.2. The van der Waals surface area contributed by atoms with E-state index in [9.17, 15) is 0 Å². The van der Waals surface area contributed by atoms with E-state index in [0.29, 0.717) is 0 Å². The first-order valence-corrected chi connectivity index (χ1v) is 23.8. The molecule has 0 radical (unpaired) electrons. The van der Waals surface area contributed by atoms with Crippen molar-refractivity contribution in [3.63, 3.8) is 0 Å². The Morgan fingerprint density at radius 3 is 1.26 bits per heavy atom. The van der Waals surface area contributed by atoms with Crippen LogP contribution in [-0.2, 0) is 10.8 Å². The molecule has 0 saturated carbocycles. The van der Waals surface area contributed by atoms with Crippen LogP contribution in [0.25, 0.3) is 60.5 Å². The highest BCUT2D eigenvalue weighted by molar-refractivity contribution is 6.26. The van der Waals surface area contributed by atoms with Gasteiger partial charge in [-0.05, 0) is 138 Å². The molecule has 0 atom stereocenters. The van der Waals surface area contributed by atoms with E-state index in [2.05, 4.69) is 264 Å². The van der Waals surface area contributed by atoms with Gasteiger partial charge < -0.3 is 9.47 Å². The molecule has 2 nitrogen and oxygen atoms in total. The minimum atomic E-state index is -0.579. The Kier molecular flexibility index (Phi) is 7.67. The number of fused-ring (bicyclic) bond motifs is 22. The Balaban J connectivity index is 1.03. The van der Waals surface area contributed by atoms with Gasteiger partial charge >= 0.3 is 0 Å². The zero-order chi connectivity index (χ0) is 44.6. The van der Waals surface area contributed by atoms with Gasteiger partial charge in [0.1, 0.15) is 0 Å². The van der Waals surface area contributed by atoms with Gasteiger partial charge in [-0.25, -0.2) is 0 Å². The van der Waals surface area contributed by atoms with Gasteiger partial charge in [-0.1, -0.05) is 194 Å². The van der Waals surface area contributed by atoms with Crippen molar-refractivity contribution in [3.8, 4) is 27.9 Å². The Labute approximate surface area is 395 Å². The maximum Gasteiger partial charge on any atom is 0.0720 e. The molecule has 3 aliphatic carbocycles. The van der Waals surface area contributed by atoms with Crippen LogP contribution in [0, 0.1) is 0 Å². The molecule has 1 aromatic heterocycles. The lowest BCUT2D eigenvalue weighted by Crippen LogP contribution is -2.43. The van der Waals surface area contributed by atoms with E-state index < -0.39 is 10.8 Å². The van der Waals surface area contributed by atoms with Crippen molar-refractivity contribution in [1.82, 2.24) is 4.57 Å². The van der Waals surface area contributed by atoms with Gasteiger partial charge in [-0.3, -0.25) is 0 Å². The van der Waals surface area contributed by atoms with E-state index >= 15 is 0 Å². The second-order valence-electron chi connectivity index (χ2n) is 18.6. The monoisotopic (exact) mass is 862 g/mol.